The summed E-state index contributed by atoms with van der Waals surface area (Å²) in [4.78, 5) is 30.6. The summed E-state index contributed by atoms with van der Waals surface area (Å²) in [6.45, 7) is 3.17. The zero-order valence-corrected chi connectivity index (χ0v) is 15.5. The molecule has 1 aromatic carbocycles. The lowest BCUT2D eigenvalue weighted by molar-refractivity contribution is -0.129. The van der Waals surface area contributed by atoms with E-state index >= 15 is 0 Å². The van der Waals surface area contributed by atoms with Crippen molar-refractivity contribution in [1.82, 2.24) is 20.0 Å². The molecule has 2 heterocycles. The molecule has 1 atom stereocenters. The number of nitrogens with zero attached hydrogens (tertiary/aromatic N) is 3. The normalized spacial score (nSPS) is 24.7. The van der Waals surface area contributed by atoms with Crippen LogP contribution < -0.4 is 5.32 Å². The van der Waals surface area contributed by atoms with Crippen molar-refractivity contribution >= 4 is 11.9 Å². The molecule has 2 aliphatic heterocycles. The van der Waals surface area contributed by atoms with Gasteiger partial charge in [-0.1, -0.05) is 12.1 Å². The van der Waals surface area contributed by atoms with E-state index in [1.165, 1.54) is 12.1 Å². The summed E-state index contributed by atoms with van der Waals surface area (Å²) in [5, 5.41) is 2.93. The van der Waals surface area contributed by atoms with Gasteiger partial charge >= 0.3 is 6.03 Å². The number of carbonyl (C=O) groups is 2. The van der Waals surface area contributed by atoms with Gasteiger partial charge in [-0.3, -0.25) is 9.69 Å². The number of rotatable bonds is 2. The van der Waals surface area contributed by atoms with Gasteiger partial charge in [0.2, 0.25) is 5.91 Å². The number of benzene rings is 1. The van der Waals surface area contributed by atoms with Crippen LogP contribution in [0.25, 0.3) is 0 Å². The Labute approximate surface area is 153 Å². The van der Waals surface area contributed by atoms with Crippen LogP contribution in [0.15, 0.2) is 24.3 Å². The summed E-state index contributed by atoms with van der Waals surface area (Å²) in [7, 11) is 3.93. The molecule has 3 amide bonds. The van der Waals surface area contributed by atoms with Crippen molar-refractivity contribution in [2.45, 2.75) is 31.3 Å². The van der Waals surface area contributed by atoms with Gasteiger partial charge in [-0.05, 0) is 37.6 Å². The van der Waals surface area contributed by atoms with Crippen LogP contribution in [0.1, 0.15) is 24.8 Å². The van der Waals surface area contributed by atoms with Crippen LogP contribution in [0.5, 0.6) is 0 Å². The Kier molecular flexibility index (Phi) is 5.46. The van der Waals surface area contributed by atoms with Crippen molar-refractivity contribution in [3.8, 4) is 0 Å². The fraction of sp³-hybridized carbons (Fsp3) is 0.579. The smallest absolute Gasteiger partial charge is 0.317 e. The summed E-state index contributed by atoms with van der Waals surface area (Å²) in [5.41, 5.74) is 0.719. The molecule has 0 aromatic heterocycles. The van der Waals surface area contributed by atoms with E-state index < -0.39 is 0 Å². The molecule has 26 heavy (non-hydrogen) atoms. The van der Waals surface area contributed by atoms with E-state index in [1.54, 1.807) is 17.0 Å². The SMILES string of the molecule is CN1CCC2(CCC1=O)CN(C(=O)NCc1ccc(F)cc1)CCN2C. The van der Waals surface area contributed by atoms with Crippen LogP contribution in [0.2, 0.25) is 0 Å². The first-order valence-electron chi connectivity index (χ1n) is 9.12. The second kappa shape index (κ2) is 7.61. The molecule has 2 fully saturated rings. The summed E-state index contributed by atoms with van der Waals surface area (Å²) < 4.78 is 13.0. The Hall–Kier alpha value is -2.15. The van der Waals surface area contributed by atoms with E-state index in [9.17, 15) is 14.0 Å². The maximum absolute atomic E-state index is 13.0. The molecular formula is C19H27FN4O2. The predicted octanol–water partition coefficient (Wildman–Crippen LogP) is 1.66. The van der Waals surface area contributed by atoms with Gasteiger partial charge in [0.1, 0.15) is 5.82 Å². The van der Waals surface area contributed by atoms with Gasteiger partial charge < -0.3 is 15.1 Å². The summed E-state index contributed by atoms with van der Waals surface area (Å²) in [6.07, 6.45) is 2.16. The highest BCUT2D eigenvalue weighted by Gasteiger charge is 2.42. The maximum Gasteiger partial charge on any atom is 0.317 e. The summed E-state index contributed by atoms with van der Waals surface area (Å²) >= 11 is 0. The third-order valence-corrected chi connectivity index (χ3v) is 5.79. The number of hydrogen-bond acceptors (Lipinski definition) is 3. The monoisotopic (exact) mass is 362 g/mol. The number of carbonyl (C=O) groups excluding carboxylic acids is 2. The Balaban J connectivity index is 1.62. The number of nitrogens with one attached hydrogen (secondary N) is 1. The second-order valence-corrected chi connectivity index (χ2v) is 7.42. The van der Waals surface area contributed by atoms with Gasteiger partial charge in [-0.2, -0.15) is 0 Å². The molecule has 7 heteroatoms. The van der Waals surface area contributed by atoms with Gasteiger partial charge in [0.15, 0.2) is 0 Å². The van der Waals surface area contributed by atoms with Crippen molar-refractivity contribution in [3.63, 3.8) is 0 Å². The average molecular weight is 362 g/mol. The van der Waals surface area contributed by atoms with Crippen molar-refractivity contribution in [3.05, 3.63) is 35.6 Å². The van der Waals surface area contributed by atoms with Crippen LogP contribution in [0.4, 0.5) is 9.18 Å². The van der Waals surface area contributed by atoms with E-state index in [0.29, 0.717) is 32.6 Å². The molecule has 142 valence electrons. The highest BCUT2D eigenvalue weighted by atomic mass is 19.1. The topological polar surface area (TPSA) is 55.9 Å². The summed E-state index contributed by atoms with van der Waals surface area (Å²) in [5.74, 6) is -0.109. The number of hydrogen-bond donors (Lipinski definition) is 1. The Morgan fingerprint density at radius 3 is 2.62 bits per heavy atom. The second-order valence-electron chi connectivity index (χ2n) is 7.42. The Bertz CT molecular complexity index is 666. The highest BCUT2D eigenvalue weighted by molar-refractivity contribution is 5.76. The number of urea groups is 1. The third-order valence-electron chi connectivity index (χ3n) is 5.79. The van der Waals surface area contributed by atoms with Gasteiger partial charge in [0.05, 0.1) is 0 Å². The molecule has 1 unspecified atom stereocenters. The molecule has 1 aromatic rings. The number of amides is 3. The minimum absolute atomic E-state index is 0.106. The van der Waals surface area contributed by atoms with E-state index in [4.69, 9.17) is 0 Å². The quantitative estimate of drug-likeness (QED) is 0.871. The lowest BCUT2D eigenvalue weighted by Crippen LogP contribution is -2.63. The zero-order valence-electron chi connectivity index (χ0n) is 15.5. The van der Waals surface area contributed by atoms with Gasteiger partial charge in [-0.25, -0.2) is 9.18 Å². The lowest BCUT2D eigenvalue weighted by Gasteiger charge is -2.49. The molecule has 6 nitrogen and oxygen atoms in total. The molecule has 1 spiro atoms. The molecule has 2 saturated heterocycles. The average Bonchev–Trinajstić information content (AvgIpc) is 2.78. The maximum atomic E-state index is 13.0. The molecule has 3 rings (SSSR count). The highest BCUT2D eigenvalue weighted by Crippen LogP contribution is 2.31. The minimum Gasteiger partial charge on any atom is -0.346 e. The lowest BCUT2D eigenvalue weighted by atomic mass is 9.86. The van der Waals surface area contributed by atoms with Gasteiger partial charge in [0.25, 0.3) is 0 Å². The van der Waals surface area contributed by atoms with Gasteiger partial charge in [0, 0.05) is 51.7 Å². The van der Waals surface area contributed by atoms with E-state index in [0.717, 1.165) is 24.9 Å². The first-order valence-corrected chi connectivity index (χ1v) is 9.12. The van der Waals surface area contributed by atoms with Crippen LogP contribution >= 0.6 is 0 Å². The third kappa shape index (κ3) is 3.98. The van der Waals surface area contributed by atoms with E-state index in [-0.39, 0.29) is 23.3 Å². The Morgan fingerprint density at radius 2 is 1.88 bits per heavy atom. The number of piperazine rings is 1. The largest absolute Gasteiger partial charge is 0.346 e. The number of halogens is 1. The van der Waals surface area contributed by atoms with E-state index in [1.807, 2.05) is 11.9 Å². The first kappa shape index (κ1) is 18.6. The van der Waals surface area contributed by atoms with Crippen LogP contribution in [0.3, 0.4) is 0 Å². The predicted molar refractivity (Wildman–Crippen MR) is 97.1 cm³/mol. The van der Waals surface area contributed by atoms with Crippen molar-refractivity contribution in [2.24, 2.45) is 0 Å². The van der Waals surface area contributed by atoms with Crippen molar-refractivity contribution in [1.29, 1.82) is 0 Å². The van der Waals surface area contributed by atoms with Crippen LogP contribution in [-0.2, 0) is 11.3 Å². The molecule has 0 aliphatic carbocycles. The van der Waals surface area contributed by atoms with Crippen LogP contribution in [-0.4, -0.2) is 72.5 Å². The fourth-order valence-corrected chi connectivity index (χ4v) is 3.82. The first-order chi connectivity index (χ1) is 12.4. The molecule has 0 saturated carbocycles. The standard InChI is InChI=1S/C19H27FN4O2/c1-22-10-9-19(8-7-17(22)25)14-24(12-11-23(19)2)18(26)21-13-15-3-5-16(20)6-4-15/h3-6H,7-14H2,1-2H3,(H,21,26). The summed E-state index contributed by atoms with van der Waals surface area (Å²) in [6, 6.07) is 6.03. The minimum atomic E-state index is -0.283. The van der Waals surface area contributed by atoms with Crippen molar-refractivity contribution < 1.29 is 14.0 Å². The molecule has 0 radical (unpaired) electrons. The van der Waals surface area contributed by atoms with Crippen LogP contribution in [0, 0.1) is 5.82 Å². The number of likely N-dealkylation sites (N-methyl/N-ethyl adjacent to an activating group) is 1. The van der Waals surface area contributed by atoms with E-state index in [2.05, 4.69) is 17.3 Å². The molecule has 1 N–H and O–H groups in total. The molecule has 0 bridgehead atoms. The molecular weight excluding hydrogens is 335 g/mol. The number of likely N-dealkylation sites (tertiary alicyclic amines) is 1. The Morgan fingerprint density at radius 1 is 1.15 bits per heavy atom. The molecule has 2 aliphatic rings. The van der Waals surface area contributed by atoms with Gasteiger partial charge in [-0.15, -0.1) is 0 Å². The fourth-order valence-electron chi connectivity index (χ4n) is 3.82. The van der Waals surface area contributed by atoms with Crippen molar-refractivity contribution in [2.75, 3.05) is 40.3 Å². The zero-order chi connectivity index (χ0) is 18.7.